The average Bonchev–Trinajstić information content (AvgIpc) is 3.50. The highest BCUT2D eigenvalue weighted by atomic mass is 16.8. The van der Waals surface area contributed by atoms with Crippen molar-refractivity contribution in [2.45, 2.75) is 160 Å². The van der Waals surface area contributed by atoms with Gasteiger partial charge in [0.05, 0.1) is 24.4 Å². The normalized spacial score (nSPS) is 61.1. The molecule has 3 aliphatic heterocycles. The number of aliphatic hydroxyl groups excluding tert-OH is 4. The monoisotopic (exact) mass is 634 g/mol. The highest BCUT2D eigenvalue weighted by molar-refractivity contribution is 5.34. The summed E-state index contributed by atoms with van der Waals surface area (Å²) < 4.78 is 32.1. The first-order valence-corrected chi connectivity index (χ1v) is 17.9. The molecule has 0 aromatic carbocycles. The van der Waals surface area contributed by atoms with Crippen LogP contribution in [0.5, 0.6) is 0 Å². The quantitative estimate of drug-likeness (QED) is 0.342. The molecule has 3 saturated heterocycles. The third-order valence-corrected chi connectivity index (χ3v) is 16.4. The number of ether oxygens (including phenoxy) is 5. The Morgan fingerprint density at radius 1 is 0.844 bits per heavy atom. The summed E-state index contributed by atoms with van der Waals surface area (Å²) in [5.41, 5.74) is -0.717. The Labute approximate surface area is 268 Å². The average molecular weight is 635 g/mol. The fraction of sp³-hybridized carbons (Fsp3) is 1.00. The molecule has 3 heterocycles. The molecule has 2 bridgehead atoms. The van der Waals surface area contributed by atoms with E-state index in [1.54, 1.807) is 7.11 Å². The van der Waals surface area contributed by atoms with Gasteiger partial charge in [-0.1, -0.05) is 34.6 Å². The maximum atomic E-state index is 12.8. The molecule has 8 rings (SSSR count). The molecule has 0 aromatic rings. The van der Waals surface area contributed by atoms with E-state index in [1.165, 1.54) is 12.8 Å². The summed E-state index contributed by atoms with van der Waals surface area (Å²) in [6.45, 7) is 16.0. The first-order chi connectivity index (χ1) is 21.0. The number of fused-ring (bicyclic) bond motifs is 4. The Morgan fingerprint density at radius 3 is 2.24 bits per heavy atom. The van der Waals surface area contributed by atoms with Crippen LogP contribution in [0, 0.1) is 50.7 Å². The van der Waals surface area contributed by atoms with Crippen molar-refractivity contribution in [3.8, 4) is 0 Å². The van der Waals surface area contributed by atoms with Gasteiger partial charge in [-0.2, -0.15) is 0 Å². The SMILES string of the molecule is COC(C)(C)[C@H]1O[C@@]23O[C@@H]1C[C@@H](C)[C@@H]2[C@@]1(C)CC[C@@]24C[C@@]25CC[C@H](O[C@@H]2OC[C@@H](O)[C@H](O)[C@H]2O)C(C)(C)[C@H]5CC[C@H]4[C@]1(C)[C@H]3O. The van der Waals surface area contributed by atoms with Gasteiger partial charge in [0.25, 0.3) is 0 Å². The Morgan fingerprint density at radius 2 is 1.53 bits per heavy atom. The standard InChI is InChI=1S/C36H58O9/c1-18-15-20-27(31(4,5)41-8)45-36(44-20)26(18)32(6)13-14-35-17-34(35)12-11-23(43-28-25(39)24(38)19(37)16-42-28)30(2,3)21(34)9-10-22(35)33(32,7)29(36)40/h18-29,37-40H,9-17H2,1-8H3/t18-,19-,20-,21-,22+,23+,24+,25-,26-,27+,28+,29-,32-,33-,34-,35+,36+/m1/s1. The minimum atomic E-state index is -1.28. The van der Waals surface area contributed by atoms with Crippen molar-refractivity contribution in [2.75, 3.05) is 13.7 Å². The van der Waals surface area contributed by atoms with Gasteiger partial charge in [-0.3, -0.25) is 0 Å². The Kier molecular flexibility index (Phi) is 6.69. The minimum Gasteiger partial charge on any atom is -0.388 e. The van der Waals surface area contributed by atoms with Crippen LogP contribution >= 0.6 is 0 Å². The van der Waals surface area contributed by atoms with E-state index in [2.05, 4.69) is 48.5 Å². The van der Waals surface area contributed by atoms with Crippen LogP contribution in [0.15, 0.2) is 0 Å². The van der Waals surface area contributed by atoms with Crippen molar-refractivity contribution in [3.05, 3.63) is 0 Å². The molecule has 0 unspecified atom stereocenters. The Hall–Kier alpha value is -0.360. The van der Waals surface area contributed by atoms with E-state index < -0.39 is 42.1 Å². The zero-order valence-corrected chi connectivity index (χ0v) is 28.6. The molecule has 5 aliphatic carbocycles. The van der Waals surface area contributed by atoms with Gasteiger partial charge in [-0.05, 0) is 105 Å². The zero-order chi connectivity index (χ0) is 32.3. The summed E-state index contributed by atoms with van der Waals surface area (Å²) in [5, 5.41) is 43.6. The fourth-order valence-corrected chi connectivity index (χ4v) is 14.1. The van der Waals surface area contributed by atoms with E-state index in [4.69, 9.17) is 23.7 Å². The van der Waals surface area contributed by atoms with Gasteiger partial charge in [-0.15, -0.1) is 0 Å². The summed E-state index contributed by atoms with van der Waals surface area (Å²) in [5.74, 6) is 0.346. The summed E-state index contributed by atoms with van der Waals surface area (Å²) in [7, 11) is 1.74. The predicted octanol–water partition coefficient (Wildman–Crippen LogP) is 3.78. The molecule has 45 heavy (non-hydrogen) atoms. The van der Waals surface area contributed by atoms with Gasteiger partial charge >= 0.3 is 0 Å². The van der Waals surface area contributed by atoms with Crippen molar-refractivity contribution in [3.63, 3.8) is 0 Å². The second-order valence-corrected chi connectivity index (χ2v) is 18.4. The van der Waals surface area contributed by atoms with Crippen LogP contribution in [0.25, 0.3) is 0 Å². The number of rotatable bonds is 4. The summed E-state index contributed by atoms with van der Waals surface area (Å²) in [6, 6.07) is 0. The highest BCUT2D eigenvalue weighted by Crippen LogP contribution is 2.90. The van der Waals surface area contributed by atoms with Crippen molar-refractivity contribution >= 4 is 0 Å². The van der Waals surface area contributed by atoms with Gasteiger partial charge < -0.3 is 44.1 Å². The first kappa shape index (κ1) is 31.9. The van der Waals surface area contributed by atoms with E-state index in [0.29, 0.717) is 17.8 Å². The fourth-order valence-electron chi connectivity index (χ4n) is 14.1. The summed E-state index contributed by atoms with van der Waals surface area (Å²) in [4.78, 5) is 0. The van der Waals surface area contributed by atoms with Crippen LogP contribution in [0.3, 0.4) is 0 Å². The molecule has 5 saturated carbocycles. The molecule has 17 atom stereocenters. The maximum Gasteiger partial charge on any atom is 0.199 e. The third-order valence-electron chi connectivity index (χ3n) is 16.4. The molecule has 8 aliphatic rings. The zero-order valence-electron chi connectivity index (χ0n) is 28.6. The highest BCUT2D eigenvalue weighted by Gasteiger charge is 2.88. The second kappa shape index (κ2) is 9.45. The molecule has 256 valence electrons. The molecule has 4 N–H and O–H groups in total. The third kappa shape index (κ3) is 3.57. The summed E-state index contributed by atoms with van der Waals surface area (Å²) >= 11 is 0. The molecule has 0 amide bonds. The van der Waals surface area contributed by atoms with Crippen LogP contribution in [0.4, 0.5) is 0 Å². The number of methoxy groups -OCH3 is 1. The topological polar surface area (TPSA) is 127 Å². The van der Waals surface area contributed by atoms with Crippen LogP contribution < -0.4 is 0 Å². The van der Waals surface area contributed by atoms with Gasteiger partial charge in [0, 0.05) is 18.4 Å². The van der Waals surface area contributed by atoms with Crippen LogP contribution in [0.1, 0.15) is 99.8 Å². The van der Waals surface area contributed by atoms with Crippen molar-refractivity contribution in [2.24, 2.45) is 50.7 Å². The molecular formula is C36H58O9. The first-order valence-electron chi connectivity index (χ1n) is 17.9. The van der Waals surface area contributed by atoms with Crippen molar-refractivity contribution in [1.82, 2.24) is 0 Å². The van der Waals surface area contributed by atoms with Gasteiger partial charge in [0.1, 0.15) is 30.5 Å². The molecule has 0 aromatic heterocycles. The van der Waals surface area contributed by atoms with Crippen molar-refractivity contribution in [1.29, 1.82) is 0 Å². The number of aliphatic hydroxyl groups is 4. The number of hydrogen-bond donors (Lipinski definition) is 4. The van der Waals surface area contributed by atoms with Crippen molar-refractivity contribution < 1.29 is 44.1 Å². The lowest BCUT2D eigenvalue weighted by atomic mass is 9.41. The number of hydrogen-bond acceptors (Lipinski definition) is 9. The van der Waals surface area contributed by atoms with Gasteiger partial charge in [0.15, 0.2) is 12.1 Å². The van der Waals surface area contributed by atoms with E-state index in [9.17, 15) is 20.4 Å². The van der Waals surface area contributed by atoms with Crippen LogP contribution in [0.2, 0.25) is 0 Å². The minimum absolute atomic E-state index is 0.0487. The molecule has 9 nitrogen and oxygen atoms in total. The molecule has 9 heteroatoms. The van der Waals surface area contributed by atoms with E-state index in [-0.39, 0.29) is 57.9 Å². The van der Waals surface area contributed by atoms with E-state index in [0.717, 1.165) is 38.5 Å². The van der Waals surface area contributed by atoms with Gasteiger partial charge in [0.2, 0.25) is 0 Å². The smallest absolute Gasteiger partial charge is 0.199 e. The lowest BCUT2D eigenvalue weighted by Gasteiger charge is -2.63. The molecular weight excluding hydrogens is 576 g/mol. The predicted molar refractivity (Wildman–Crippen MR) is 164 cm³/mol. The Bertz CT molecular complexity index is 1220. The molecule has 0 radical (unpaired) electrons. The van der Waals surface area contributed by atoms with Gasteiger partial charge in [-0.25, -0.2) is 0 Å². The molecule has 3 spiro atoms. The largest absolute Gasteiger partial charge is 0.388 e. The summed E-state index contributed by atoms with van der Waals surface area (Å²) in [6.07, 6.45) is 2.70. The Balaban J connectivity index is 1.10. The lowest BCUT2D eigenvalue weighted by molar-refractivity contribution is -0.303. The van der Waals surface area contributed by atoms with Crippen LogP contribution in [-0.4, -0.2) is 94.5 Å². The lowest BCUT2D eigenvalue weighted by Crippen LogP contribution is -2.61. The van der Waals surface area contributed by atoms with Crippen LogP contribution in [-0.2, 0) is 23.7 Å². The van der Waals surface area contributed by atoms with E-state index in [1.807, 2.05) is 0 Å². The van der Waals surface area contributed by atoms with E-state index >= 15 is 0 Å². The molecule has 8 fully saturated rings. The maximum absolute atomic E-state index is 12.8. The second-order valence-electron chi connectivity index (χ2n) is 18.4.